The van der Waals surface area contributed by atoms with Crippen LogP contribution in [0.3, 0.4) is 0 Å². The Kier molecular flexibility index (Phi) is 5.77. The lowest BCUT2D eigenvalue weighted by molar-refractivity contribution is -0.129. The minimum atomic E-state index is -1.37. The standard InChI is InChI=1S/C11H20N2O5/c1-11(2,3)18-10(17)13(4)7(6-14)5-8(12)9(15)16/h7,12,14H,5-6H2,1-4H3,(H,15,16). The molecule has 0 rings (SSSR count). The van der Waals surface area contributed by atoms with Crippen molar-refractivity contribution in [2.75, 3.05) is 13.7 Å². The van der Waals surface area contributed by atoms with E-state index in [1.165, 1.54) is 7.05 Å². The molecule has 0 aromatic rings. The number of rotatable bonds is 5. The van der Waals surface area contributed by atoms with Gasteiger partial charge < -0.3 is 19.8 Å². The SMILES string of the molecule is CN(C(=O)OC(C)(C)C)C(CO)CC(=N)C(=O)O. The summed E-state index contributed by atoms with van der Waals surface area (Å²) in [6.07, 6.45) is -0.901. The van der Waals surface area contributed by atoms with Gasteiger partial charge in [0.25, 0.3) is 0 Å². The van der Waals surface area contributed by atoms with Gasteiger partial charge in [0, 0.05) is 13.5 Å². The summed E-state index contributed by atoms with van der Waals surface area (Å²) in [5.74, 6) is -1.37. The fourth-order valence-corrected chi connectivity index (χ4v) is 1.13. The molecule has 0 fully saturated rings. The van der Waals surface area contributed by atoms with Gasteiger partial charge in [0.2, 0.25) is 0 Å². The maximum atomic E-state index is 11.7. The Balaban J connectivity index is 4.61. The van der Waals surface area contributed by atoms with Crippen LogP contribution < -0.4 is 0 Å². The highest BCUT2D eigenvalue weighted by Crippen LogP contribution is 2.12. The van der Waals surface area contributed by atoms with Gasteiger partial charge in [-0.3, -0.25) is 5.41 Å². The summed E-state index contributed by atoms with van der Waals surface area (Å²) in [5.41, 5.74) is -1.24. The quantitative estimate of drug-likeness (QED) is 0.630. The lowest BCUT2D eigenvalue weighted by atomic mass is 10.1. The number of aliphatic carboxylic acids is 1. The average molecular weight is 260 g/mol. The van der Waals surface area contributed by atoms with Gasteiger partial charge in [-0.05, 0) is 20.8 Å². The summed E-state index contributed by atoms with van der Waals surface area (Å²) in [7, 11) is 1.39. The first-order valence-corrected chi connectivity index (χ1v) is 5.46. The van der Waals surface area contributed by atoms with Crippen LogP contribution in [0.2, 0.25) is 0 Å². The Morgan fingerprint density at radius 1 is 1.39 bits per heavy atom. The zero-order chi connectivity index (χ0) is 14.5. The predicted molar refractivity (Wildman–Crippen MR) is 64.9 cm³/mol. The van der Waals surface area contributed by atoms with E-state index in [2.05, 4.69) is 0 Å². The molecule has 18 heavy (non-hydrogen) atoms. The molecule has 0 heterocycles. The number of hydrogen-bond donors (Lipinski definition) is 3. The zero-order valence-electron chi connectivity index (χ0n) is 11.1. The molecule has 0 spiro atoms. The van der Waals surface area contributed by atoms with Crippen LogP contribution in [-0.4, -0.2) is 58.2 Å². The minimum Gasteiger partial charge on any atom is -0.477 e. The van der Waals surface area contributed by atoms with Gasteiger partial charge in [-0.25, -0.2) is 9.59 Å². The van der Waals surface area contributed by atoms with Crippen LogP contribution in [0.15, 0.2) is 0 Å². The molecule has 0 bridgehead atoms. The van der Waals surface area contributed by atoms with Crippen LogP contribution in [0.25, 0.3) is 0 Å². The molecule has 3 N–H and O–H groups in total. The average Bonchev–Trinajstić information content (AvgIpc) is 2.21. The molecule has 0 aromatic carbocycles. The van der Waals surface area contributed by atoms with Gasteiger partial charge in [-0.2, -0.15) is 0 Å². The summed E-state index contributed by atoms with van der Waals surface area (Å²) >= 11 is 0. The van der Waals surface area contributed by atoms with E-state index in [9.17, 15) is 9.59 Å². The van der Waals surface area contributed by atoms with E-state index in [4.69, 9.17) is 20.4 Å². The van der Waals surface area contributed by atoms with Gasteiger partial charge in [0.05, 0.1) is 12.6 Å². The number of carboxylic acids is 1. The lowest BCUT2D eigenvalue weighted by Crippen LogP contribution is -2.44. The van der Waals surface area contributed by atoms with Crippen molar-refractivity contribution in [2.45, 2.75) is 38.8 Å². The molecular formula is C11H20N2O5. The molecule has 1 atom stereocenters. The Morgan fingerprint density at radius 2 is 1.89 bits per heavy atom. The Morgan fingerprint density at radius 3 is 2.22 bits per heavy atom. The summed E-state index contributed by atoms with van der Waals surface area (Å²) in [4.78, 5) is 23.3. The highest BCUT2D eigenvalue weighted by Gasteiger charge is 2.26. The molecule has 0 aliphatic heterocycles. The van der Waals surface area contributed by atoms with Crippen molar-refractivity contribution in [1.82, 2.24) is 4.90 Å². The van der Waals surface area contributed by atoms with Crippen molar-refractivity contribution in [2.24, 2.45) is 0 Å². The fraction of sp³-hybridized carbons (Fsp3) is 0.727. The second-order valence-electron chi connectivity index (χ2n) is 4.92. The third-order valence-electron chi connectivity index (χ3n) is 2.14. The Labute approximate surface area is 106 Å². The largest absolute Gasteiger partial charge is 0.477 e. The number of carbonyl (C=O) groups excluding carboxylic acids is 1. The number of aliphatic hydroxyl groups excluding tert-OH is 1. The lowest BCUT2D eigenvalue weighted by Gasteiger charge is -2.29. The summed E-state index contributed by atoms with van der Waals surface area (Å²) < 4.78 is 5.08. The third kappa shape index (κ3) is 5.62. The van der Waals surface area contributed by atoms with Gasteiger partial charge in [-0.1, -0.05) is 0 Å². The number of carboxylic acid groups (broad SMARTS) is 1. The number of likely N-dealkylation sites (N-methyl/N-ethyl adjacent to an activating group) is 1. The van der Waals surface area contributed by atoms with E-state index in [0.29, 0.717) is 0 Å². The van der Waals surface area contributed by atoms with E-state index in [0.717, 1.165) is 4.90 Å². The molecule has 7 nitrogen and oxygen atoms in total. The normalized spacial score (nSPS) is 12.7. The van der Waals surface area contributed by atoms with Crippen LogP contribution in [0, 0.1) is 5.41 Å². The molecule has 7 heteroatoms. The minimum absolute atomic E-state index is 0.235. The van der Waals surface area contributed by atoms with Crippen LogP contribution >= 0.6 is 0 Å². The smallest absolute Gasteiger partial charge is 0.410 e. The van der Waals surface area contributed by atoms with Crippen molar-refractivity contribution in [3.05, 3.63) is 0 Å². The maximum absolute atomic E-state index is 11.7. The Bertz CT molecular complexity index is 335. The van der Waals surface area contributed by atoms with Crippen molar-refractivity contribution < 1.29 is 24.5 Å². The van der Waals surface area contributed by atoms with E-state index < -0.39 is 36.0 Å². The topological polar surface area (TPSA) is 111 Å². The fourth-order valence-electron chi connectivity index (χ4n) is 1.13. The maximum Gasteiger partial charge on any atom is 0.410 e. The molecule has 1 amide bonds. The molecule has 0 aromatic heterocycles. The van der Waals surface area contributed by atoms with E-state index in [1.54, 1.807) is 20.8 Å². The number of nitrogens with one attached hydrogen (secondary N) is 1. The van der Waals surface area contributed by atoms with Crippen LogP contribution in [0.5, 0.6) is 0 Å². The first-order valence-electron chi connectivity index (χ1n) is 5.46. The summed E-state index contributed by atoms with van der Waals surface area (Å²) in [6, 6.07) is -0.788. The summed E-state index contributed by atoms with van der Waals surface area (Å²) in [6.45, 7) is 4.66. The van der Waals surface area contributed by atoms with Crippen LogP contribution in [0.4, 0.5) is 4.79 Å². The molecule has 104 valence electrons. The first kappa shape index (κ1) is 16.4. The molecule has 1 unspecified atom stereocenters. The molecule has 0 aliphatic rings. The predicted octanol–water partition coefficient (Wildman–Crippen LogP) is 0.709. The third-order valence-corrected chi connectivity index (χ3v) is 2.14. The second-order valence-corrected chi connectivity index (χ2v) is 4.92. The monoisotopic (exact) mass is 260 g/mol. The van der Waals surface area contributed by atoms with E-state index in [-0.39, 0.29) is 6.42 Å². The molecular weight excluding hydrogens is 240 g/mol. The van der Waals surface area contributed by atoms with Gasteiger partial charge in [0.15, 0.2) is 0 Å². The number of nitrogens with zero attached hydrogens (tertiary/aromatic N) is 1. The number of aliphatic hydroxyl groups is 1. The first-order chi connectivity index (χ1) is 8.08. The van der Waals surface area contributed by atoms with Crippen molar-refractivity contribution >= 4 is 17.8 Å². The highest BCUT2D eigenvalue weighted by atomic mass is 16.6. The zero-order valence-corrected chi connectivity index (χ0v) is 11.1. The Hall–Kier alpha value is -1.63. The molecule has 0 saturated heterocycles. The van der Waals surface area contributed by atoms with Gasteiger partial charge in [0.1, 0.15) is 11.3 Å². The van der Waals surface area contributed by atoms with Crippen molar-refractivity contribution in [1.29, 1.82) is 5.41 Å². The van der Waals surface area contributed by atoms with E-state index >= 15 is 0 Å². The molecule has 0 radical (unpaired) electrons. The van der Waals surface area contributed by atoms with Crippen LogP contribution in [0.1, 0.15) is 27.2 Å². The van der Waals surface area contributed by atoms with Gasteiger partial charge in [-0.15, -0.1) is 0 Å². The highest BCUT2D eigenvalue weighted by molar-refractivity contribution is 6.34. The van der Waals surface area contributed by atoms with Crippen LogP contribution in [-0.2, 0) is 9.53 Å². The van der Waals surface area contributed by atoms with Gasteiger partial charge >= 0.3 is 12.1 Å². The molecule has 0 aliphatic carbocycles. The number of hydrogen-bond acceptors (Lipinski definition) is 5. The van der Waals surface area contributed by atoms with Crippen molar-refractivity contribution in [3.63, 3.8) is 0 Å². The number of amides is 1. The summed E-state index contributed by atoms with van der Waals surface area (Å²) in [5, 5.41) is 24.9. The molecule has 0 saturated carbocycles. The second kappa shape index (κ2) is 6.34. The number of carbonyl (C=O) groups is 2. The van der Waals surface area contributed by atoms with E-state index in [1.807, 2.05) is 0 Å². The van der Waals surface area contributed by atoms with Crippen molar-refractivity contribution in [3.8, 4) is 0 Å². The number of ether oxygens (including phenoxy) is 1.